The van der Waals surface area contributed by atoms with Crippen LogP contribution in [0.25, 0.3) is 0 Å². The van der Waals surface area contributed by atoms with E-state index in [-0.39, 0.29) is 5.96 Å². The Hall–Kier alpha value is -1.74. The molecule has 0 aromatic carbocycles. The summed E-state index contributed by atoms with van der Waals surface area (Å²) in [6.45, 7) is 1.30. The summed E-state index contributed by atoms with van der Waals surface area (Å²) in [5.74, 6) is -1.32. The quantitative estimate of drug-likeness (QED) is 0.513. The number of aromatic nitrogens is 1. The van der Waals surface area contributed by atoms with Crippen molar-refractivity contribution < 1.29 is 9.47 Å². The first kappa shape index (κ1) is 13.0. The van der Waals surface area contributed by atoms with E-state index in [4.69, 9.17) is 20.9 Å². The molecule has 2 aliphatic heterocycles. The van der Waals surface area contributed by atoms with Gasteiger partial charge in [-0.1, -0.05) is 0 Å². The Bertz CT molecular complexity index is 613. The lowest BCUT2D eigenvalue weighted by molar-refractivity contribution is -0.164. The number of nitrogens with zero attached hydrogens (tertiary/aromatic N) is 2. The van der Waals surface area contributed by atoms with Gasteiger partial charge in [-0.05, 0) is 18.1 Å². The van der Waals surface area contributed by atoms with Crippen LogP contribution >= 0.6 is 0 Å². The van der Waals surface area contributed by atoms with Crippen molar-refractivity contribution in [2.24, 2.45) is 16.5 Å². The third-order valence-electron chi connectivity index (χ3n) is 4.19. The maximum atomic E-state index is 6.21. The summed E-state index contributed by atoms with van der Waals surface area (Å²) < 4.78 is 11.6. The number of guanidine groups is 1. The van der Waals surface area contributed by atoms with E-state index in [1.165, 1.54) is 0 Å². The Morgan fingerprint density at radius 3 is 2.81 bits per heavy atom. The van der Waals surface area contributed by atoms with Crippen LogP contribution in [0, 0.1) is 0 Å². The number of nitrogens with two attached hydrogens (primary N) is 2. The average molecular weight is 290 g/mol. The highest BCUT2D eigenvalue weighted by Gasteiger charge is 2.41. The zero-order chi connectivity index (χ0) is 14.5. The second kappa shape index (κ2) is 4.38. The van der Waals surface area contributed by atoms with E-state index in [1.54, 1.807) is 6.20 Å². The summed E-state index contributed by atoms with van der Waals surface area (Å²) in [7, 11) is 0. The van der Waals surface area contributed by atoms with Crippen molar-refractivity contribution in [1.29, 1.82) is 0 Å². The lowest BCUT2D eigenvalue weighted by Gasteiger charge is -2.33. The Kier molecular flexibility index (Phi) is 2.70. The molecule has 3 heterocycles. The molecule has 8 heteroatoms. The fourth-order valence-corrected chi connectivity index (χ4v) is 3.10. The molecular weight excluding hydrogens is 272 g/mol. The van der Waals surface area contributed by atoms with E-state index in [0.29, 0.717) is 19.6 Å². The third-order valence-corrected chi connectivity index (χ3v) is 4.19. The van der Waals surface area contributed by atoms with Gasteiger partial charge in [0.05, 0.1) is 13.2 Å². The molecule has 6 N–H and O–H groups in total. The van der Waals surface area contributed by atoms with Crippen LogP contribution in [0.3, 0.4) is 0 Å². The number of fused-ring (bicyclic) bond motifs is 1. The zero-order valence-electron chi connectivity index (χ0n) is 11.6. The molecule has 21 heavy (non-hydrogen) atoms. The molecule has 4 rings (SSSR count). The van der Waals surface area contributed by atoms with Crippen LogP contribution in [-0.4, -0.2) is 29.9 Å². The van der Waals surface area contributed by atoms with Gasteiger partial charge in [0.1, 0.15) is 0 Å². The van der Waals surface area contributed by atoms with Gasteiger partial charge in [-0.3, -0.25) is 16.1 Å². The van der Waals surface area contributed by atoms with Crippen LogP contribution in [-0.2, 0) is 28.1 Å². The average Bonchev–Trinajstić information content (AvgIpc) is 3.06. The van der Waals surface area contributed by atoms with E-state index < -0.39 is 11.6 Å². The topological polar surface area (TPSA) is 120 Å². The van der Waals surface area contributed by atoms with Crippen molar-refractivity contribution in [2.45, 2.75) is 30.8 Å². The van der Waals surface area contributed by atoms with Gasteiger partial charge < -0.3 is 15.2 Å². The number of hydrogen-bond acceptors (Lipinski definition) is 8. The number of rotatable bonds is 1. The van der Waals surface area contributed by atoms with Crippen LogP contribution in [0.4, 0.5) is 0 Å². The SMILES string of the molecule is NC1=NC(N)(c2cnc3c(c2)CC2(CC3)OCCO2)NN1. The minimum absolute atomic E-state index is 0.258. The molecule has 1 fully saturated rings. The first-order valence-electron chi connectivity index (χ1n) is 7.02. The first-order valence-corrected chi connectivity index (χ1v) is 7.02. The summed E-state index contributed by atoms with van der Waals surface area (Å²) >= 11 is 0. The zero-order valence-corrected chi connectivity index (χ0v) is 11.6. The first-order chi connectivity index (χ1) is 10.1. The molecular formula is C13H18N6O2. The number of hydrazine groups is 1. The van der Waals surface area contributed by atoms with Gasteiger partial charge in [-0.15, -0.1) is 0 Å². The number of aryl methyl sites for hydroxylation is 1. The van der Waals surface area contributed by atoms with Gasteiger partial charge in [0.25, 0.3) is 0 Å². The van der Waals surface area contributed by atoms with Crippen LogP contribution in [0.15, 0.2) is 17.3 Å². The summed E-state index contributed by atoms with van der Waals surface area (Å²) in [5, 5.41) is 0. The Labute approximate surface area is 121 Å². The normalized spacial score (nSPS) is 30.0. The fourth-order valence-electron chi connectivity index (χ4n) is 3.10. The van der Waals surface area contributed by atoms with Crippen LogP contribution in [0.1, 0.15) is 23.2 Å². The lowest BCUT2D eigenvalue weighted by atomic mass is 9.89. The second-order valence-electron chi connectivity index (χ2n) is 5.63. The third kappa shape index (κ3) is 2.07. The molecule has 0 amide bonds. The van der Waals surface area contributed by atoms with E-state index in [2.05, 4.69) is 20.8 Å². The summed E-state index contributed by atoms with van der Waals surface area (Å²) in [5.41, 5.74) is 20.3. The van der Waals surface area contributed by atoms with E-state index in [9.17, 15) is 0 Å². The second-order valence-corrected chi connectivity index (χ2v) is 5.63. The molecule has 112 valence electrons. The minimum Gasteiger partial charge on any atom is -0.369 e. The van der Waals surface area contributed by atoms with Gasteiger partial charge in [0.15, 0.2) is 5.79 Å². The monoisotopic (exact) mass is 290 g/mol. The number of pyridine rings is 1. The molecule has 0 saturated carbocycles. The van der Waals surface area contributed by atoms with Crippen molar-refractivity contribution in [1.82, 2.24) is 15.8 Å². The Morgan fingerprint density at radius 1 is 1.29 bits per heavy atom. The smallest absolute Gasteiger partial charge is 0.210 e. The molecule has 1 aromatic heterocycles. The molecule has 1 aromatic rings. The van der Waals surface area contributed by atoms with E-state index in [1.807, 2.05) is 6.07 Å². The summed E-state index contributed by atoms with van der Waals surface area (Å²) in [4.78, 5) is 8.70. The summed E-state index contributed by atoms with van der Waals surface area (Å²) in [6.07, 6.45) is 4.10. The maximum absolute atomic E-state index is 6.21. The predicted molar refractivity (Wildman–Crippen MR) is 74.7 cm³/mol. The lowest BCUT2D eigenvalue weighted by Crippen LogP contribution is -2.50. The molecule has 1 aliphatic carbocycles. The Balaban J connectivity index is 1.68. The molecule has 1 atom stereocenters. The molecule has 1 spiro atoms. The standard InChI is InChI=1S/C13H18N6O2/c14-11-17-13(15,19-18-11)9-5-8-6-12(20-3-4-21-12)2-1-10(8)16-7-9/h5,7,19H,1-4,6,15H2,(H3,14,17,18). The highest BCUT2D eigenvalue weighted by Crippen LogP contribution is 2.35. The van der Waals surface area contributed by atoms with Crippen molar-refractivity contribution in [3.8, 4) is 0 Å². The minimum atomic E-state index is -1.09. The van der Waals surface area contributed by atoms with E-state index >= 15 is 0 Å². The van der Waals surface area contributed by atoms with Crippen molar-refractivity contribution in [2.75, 3.05) is 13.2 Å². The van der Waals surface area contributed by atoms with Gasteiger partial charge >= 0.3 is 0 Å². The van der Waals surface area contributed by atoms with Crippen LogP contribution in [0.2, 0.25) is 0 Å². The van der Waals surface area contributed by atoms with Gasteiger partial charge in [0.2, 0.25) is 11.7 Å². The van der Waals surface area contributed by atoms with Crippen molar-refractivity contribution >= 4 is 5.96 Å². The highest BCUT2D eigenvalue weighted by atomic mass is 16.7. The molecule has 0 bridgehead atoms. The van der Waals surface area contributed by atoms with Crippen molar-refractivity contribution in [3.63, 3.8) is 0 Å². The van der Waals surface area contributed by atoms with Crippen LogP contribution < -0.4 is 22.3 Å². The molecule has 0 radical (unpaired) electrons. The predicted octanol–water partition coefficient (Wildman–Crippen LogP) is -1.20. The van der Waals surface area contributed by atoms with Crippen molar-refractivity contribution in [3.05, 3.63) is 29.1 Å². The number of aliphatic imine (C=N–C) groups is 1. The van der Waals surface area contributed by atoms with Crippen LogP contribution in [0.5, 0.6) is 0 Å². The summed E-state index contributed by atoms with van der Waals surface area (Å²) in [6, 6.07) is 2.01. The number of nitrogens with one attached hydrogen (secondary N) is 2. The van der Waals surface area contributed by atoms with Gasteiger partial charge in [-0.2, -0.15) is 5.43 Å². The highest BCUT2D eigenvalue weighted by molar-refractivity contribution is 5.79. The van der Waals surface area contributed by atoms with Gasteiger partial charge in [-0.25, -0.2) is 4.99 Å². The molecule has 8 nitrogen and oxygen atoms in total. The van der Waals surface area contributed by atoms with E-state index in [0.717, 1.165) is 29.7 Å². The molecule has 1 unspecified atom stereocenters. The largest absolute Gasteiger partial charge is 0.369 e. The number of ether oxygens (including phenoxy) is 2. The molecule has 1 saturated heterocycles. The molecule has 3 aliphatic rings. The number of hydrogen-bond donors (Lipinski definition) is 4. The van der Waals surface area contributed by atoms with Gasteiger partial charge in [0, 0.05) is 30.3 Å². The fraction of sp³-hybridized carbons (Fsp3) is 0.538. The maximum Gasteiger partial charge on any atom is 0.210 e. The Morgan fingerprint density at radius 2 is 2.10 bits per heavy atom.